The second-order valence-electron chi connectivity index (χ2n) is 5.26. The molecule has 1 fully saturated rings. The molecule has 0 spiro atoms. The molecule has 1 amide bonds. The second-order valence-corrected chi connectivity index (χ2v) is 6.06. The zero-order valence-electron chi connectivity index (χ0n) is 11.9. The summed E-state index contributed by atoms with van der Waals surface area (Å²) in [5.41, 5.74) is 2.17. The van der Waals surface area contributed by atoms with E-state index in [2.05, 4.69) is 50.2 Å². The molecule has 0 aromatic heterocycles. The van der Waals surface area contributed by atoms with Gasteiger partial charge in [0.05, 0.1) is 0 Å². The molecule has 1 aromatic carbocycles. The summed E-state index contributed by atoms with van der Waals surface area (Å²) in [6.45, 7) is 5.52. The molecule has 0 atom stereocenters. The lowest BCUT2D eigenvalue weighted by atomic mass is 10.1. The van der Waals surface area contributed by atoms with Crippen LogP contribution in [-0.2, 0) is 11.3 Å². The zero-order chi connectivity index (χ0) is 14.4. The number of benzene rings is 1. The number of likely N-dealkylation sites (N-methyl/N-ethyl adjacent to an activating group) is 1. The van der Waals surface area contributed by atoms with Gasteiger partial charge in [-0.05, 0) is 24.7 Å². The highest BCUT2D eigenvalue weighted by Crippen LogP contribution is 2.13. The van der Waals surface area contributed by atoms with Crippen LogP contribution >= 0.6 is 15.9 Å². The van der Waals surface area contributed by atoms with Crippen LogP contribution in [0.25, 0.3) is 0 Å². The first-order chi connectivity index (χ1) is 9.67. The van der Waals surface area contributed by atoms with Crippen molar-refractivity contribution in [2.24, 2.45) is 0 Å². The standard InChI is InChI=1S/C15H22BrN3O/c1-18-8-10-19(11-9-18)12-13-2-4-14(5-3-13)17-15(20)6-7-16/h2-5H,6-12H2,1H3,(H,17,20). The quantitative estimate of drug-likeness (QED) is 0.835. The number of nitrogens with zero attached hydrogens (tertiary/aromatic N) is 2. The lowest BCUT2D eigenvalue weighted by molar-refractivity contribution is -0.115. The molecule has 110 valence electrons. The van der Waals surface area contributed by atoms with E-state index in [1.54, 1.807) is 0 Å². The molecule has 1 aromatic rings. The van der Waals surface area contributed by atoms with E-state index < -0.39 is 0 Å². The summed E-state index contributed by atoms with van der Waals surface area (Å²) >= 11 is 3.26. The summed E-state index contributed by atoms with van der Waals surface area (Å²) in [5, 5.41) is 3.59. The van der Waals surface area contributed by atoms with E-state index in [1.165, 1.54) is 5.56 Å². The summed E-state index contributed by atoms with van der Waals surface area (Å²) in [6.07, 6.45) is 0.503. The third-order valence-electron chi connectivity index (χ3n) is 3.56. The van der Waals surface area contributed by atoms with Crippen molar-refractivity contribution in [1.82, 2.24) is 9.80 Å². The van der Waals surface area contributed by atoms with Gasteiger partial charge >= 0.3 is 0 Å². The minimum Gasteiger partial charge on any atom is -0.326 e. The molecule has 0 bridgehead atoms. The van der Waals surface area contributed by atoms with E-state index in [1.807, 2.05) is 12.1 Å². The maximum Gasteiger partial charge on any atom is 0.225 e. The fourth-order valence-electron chi connectivity index (χ4n) is 2.27. The highest BCUT2D eigenvalue weighted by Gasteiger charge is 2.13. The van der Waals surface area contributed by atoms with Crippen LogP contribution in [-0.4, -0.2) is 54.3 Å². The molecule has 1 N–H and O–H groups in total. The molecule has 20 heavy (non-hydrogen) atoms. The second kappa shape index (κ2) is 7.76. The molecule has 1 aliphatic rings. The summed E-state index contributed by atoms with van der Waals surface area (Å²) in [5.74, 6) is 0.0497. The summed E-state index contributed by atoms with van der Waals surface area (Å²) in [7, 11) is 2.17. The van der Waals surface area contributed by atoms with Crippen LogP contribution < -0.4 is 5.32 Å². The Hall–Kier alpha value is -0.910. The van der Waals surface area contributed by atoms with Crippen LogP contribution in [0.2, 0.25) is 0 Å². The van der Waals surface area contributed by atoms with Crippen molar-refractivity contribution in [1.29, 1.82) is 0 Å². The Morgan fingerprint density at radius 1 is 1.20 bits per heavy atom. The van der Waals surface area contributed by atoms with Gasteiger partial charge in [0.1, 0.15) is 0 Å². The number of carbonyl (C=O) groups excluding carboxylic acids is 1. The first-order valence-electron chi connectivity index (χ1n) is 7.03. The number of nitrogens with one attached hydrogen (secondary N) is 1. The Morgan fingerprint density at radius 3 is 2.45 bits per heavy atom. The topological polar surface area (TPSA) is 35.6 Å². The van der Waals surface area contributed by atoms with Crippen LogP contribution in [0, 0.1) is 0 Å². The highest BCUT2D eigenvalue weighted by atomic mass is 79.9. The molecular formula is C15H22BrN3O. The van der Waals surface area contributed by atoms with Crippen molar-refractivity contribution < 1.29 is 4.79 Å². The lowest BCUT2D eigenvalue weighted by Crippen LogP contribution is -2.43. The highest BCUT2D eigenvalue weighted by molar-refractivity contribution is 9.09. The van der Waals surface area contributed by atoms with E-state index in [0.29, 0.717) is 11.8 Å². The van der Waals surface area contributed by atoms with Gasteiger partial charge in [-0.15, -0.1) is 0 Å². The monoisotopic (exact) mass is 339 g/mol. The van der Waals surface area contributed by atoms with Crippen molar-refractivity contribution in [2.45, 2.75) is 13.0 Å². The molecule has 1 aliphatic heterocycles. The van der Waals surface area contributed by atoms with Gasteiger partial charge in [0.15, 0.2) is 0 Å². The number of amides is 1. The average Bonchev–Trinajstić information content (AvgIpc) is 2.44. The Balaban J connectivity index is 1.83. The Bertz CT molecular complexity index is 427. The molecule has 0 aliphatic carbocycles. The smallest absolute Gasteiger partial charge is 0.225 e. The molecule has 1 saturated heterocycles. The van der Waals surface area contributed by atoms with E-state index in [0.717, 1.165) is 38.4 Å². The Morgan fingerprint density at radius 2 is 1.85 bits per heavy atom. The normalized spacial score (nSPS) is 17.1. The average molecular weight is 340 g/mol. The summed E-state index contributed by atoms with van der Waals surface area (Å²) < 4.78 is 0. The molecule has 0 radical (unpaired) electrons. The SMILES string of the molecule is CN1CCN(Cc2ccc(NC(=O)CCBr)cc2)CC1. The Kier molecular flexibility index (Phi) is 6.01. The number of hydrogen-bond acceptors (Lipinski definition) is 3. The van der Waals surface area contributed by atoms with E-state index in [-0.39, 0.29) is 5.91 Å². The van der Waals surface area contributed by atoms with Crippen molar-refractivity contribution in [3.8, 4) is 0 Å². The zero-order valence-corrected chi connectivity index (χ0v) is 13.5. The van der Waals surface area contributed by atoms with Crippen molar-refractivity contribution in [2.75, 3.05) is 43.9 Å². The van der Waals surface area contributed by atoms with Gasteiger partial charge in [-0.1, -0.05) is 28.1 Å². The molecule has 1 heterocycles. The molecule has 0 unspecified atom stereocenters. The van der Waals surface area contributed by atoms with Gasteiger partial charge in [-0.2, -0.15) is 0 Å². The minimum atomic E-state index is 0.0497. The number of halogens is 1. The number of hydrogen-bond donors (Lipinski definition) is 1. The number of alkyl halides is 1. The van der Waals surface area contributed by atoms with Gasteiger partial charge in [0, 0.05) is 50.2 Å². The third kappa shape index (κ3) is 4.89. The van der Waals surface area contributed by atoms with Crippen molar-refractivity contribution >= 4 is 27.5 Å². The number of piperazine rings is 1. The maximum atomic E-state index is 11.5. The van der Waals surface area contributed by atoms with Crippen molar-refractivity contribution in [3.05, 3.63) is 29.8 Å². The predicted octanol–water partition coefficient (Wildman–Crippen LogP) is 2.16. The number of anilines is 1. The van der Waals surface area contributed by atoms with Crippen LogP contribution in [0.4, 0.5) is 5.69 Å². The fourth-order valence-corrected chi connectivity index (χ4v) is 2.63. The number of carbonyl (C=O) groups is 1. The van der Waals surface area contributed by atoms with E-state index in [9.17, 15) is 4.79 Å². The van der Waals surface area contributed by atoms with Crippen LogP contribution in [0.15, 0.2) is 24.3 Å². The first-order valence-corrected chi connectivity index (χ1v) is 8.15. The largest absolute Gasteiger partial charge is 0.326 e. The van der Waals surface area contributed by atoms with Crippen LogP contribution in [0.1, 0.15) is 12.0 Å². The predicted molar refractivity (Wildman–Crippen MR) is 86.3 cm³/mol. The molecule has 4 nitrogen and oxygen atoms in total. The first kappa shape index (κ1) is 15.5. The molecule has 2 rings (SSSR count). The number of rotatable bonds is 5. The molecular weight excluding hydrogens is 318 g/mol. The van der Waals surface area contributed by atoms with Gasteiger partial charge in [0.25, 0.3) is 0 Å². The van der Waals surface area contributed by atoms with Gasteiger partial charge in [0.2, 0.25) is 5.91 Å². The van der Waals surface area contributed by atoms with E-state index in [4.69, 9.17) is 0 Å². The van der Waals surface area contributed by atoms with E-state index >= 15 is 0 Å². The van der Waals surface area contributed by atoms with Gasteiger partial charge in [-0.25, -0.2) is 0 Å². The van der Waals surface area contributed by atoms with Gasteiger partial charge < -0.3 is 10.2 Å². The third-order valence-corrected chi connectivity index (χ3v) is 3.96. The van der Waals surface area contributed by atoms with Crippen molar-refractivity contribution in [3.63, 3.8) is 0 Å². The maximum absolute atomic E-state index is 11.5. The molecule has 0 saturated carbocycles. The Labute approximate surface area is 129 Å². The molecule has 5 heteroatoms. The fraction of sp³-hybridized carbons (Fsp3) is 0.533. The lowest BCUT2D eigenvalue weighted by Gasteiger charge is -2.32. The summed E-state index contributed by atoms with van der Waals surface area (Å²) in [6, 6.07) is 8.17. The summed E-state index contributed by atoms with van der Waals surface area (Å²) in [4.78, 5) is 16.3. The minimum absolute atomic E-state index is 0.0497. The van der Waals surface area contributed by atoms with Gasteiger partial charge in [-0.3, -0.25) is 9.69 Å². The van der Waals surface area contributed by atoms with Crippen LogP contribution in [0.5, 0.6) is 0 Å². The van der Waals surface area contributed by atoms with Crippen LogP contribution in [0.3, 0.4) is 0 Å².